The molecular weight excluding hydrogens is 136 g/mol. The van der Waals surface area contributed by atoms with Crippen molar-refractivity contribution in [3.63, 3.8) is 0 Å². The molecule has 0 saturated carbocycles. The van der Waals surface area contributed by atoms with Gasteiger partial charge in [0.2, 0.25) is 0 Å². The molecule has 10 heavy (non-hydrogen) atoms. The molecule has 0 radical (unpaired) electrons. The number of hydrogen-bond donors (Lipinski definition) is 0. The van der Waals surface area contributed by atoms with Crippen molar-refractivity contribution in [2.24, 2.45) is 5.92 Å². The Hall–Kier alpha value is 0.217. The van der Waals surface area contributed by atoms with Gasteiger partial charge in [0.1, 0.15) is 0 Å². The molecule has 0 aromatic carbocycles. The van der Waals surface area contributed by atoms with E-state index in [1.54, 1.807) is 6.04 Å². The summed E-state index contributed by atoms with van der Waals surface area (Å²) in [4.78, 5) is 0. The summed E-state index contributed by atoms with van der Waals surface area (Å²) in [5.74, 6) is 1.08. The van der Waals surface area contributed by atoms with Gasteiger partial charge in [-0.05, 0) is 5.92 Å². The van der Waals surface area contributed by atoms with Crippen molar-refractivity contribution in [2.45, 2.75) is 52.1 Å². The molecule has 0 fully saturated rings. The smallest absolute Gasteiger partial charge is 0.0169 e. The van der Waals surface area contributed by atoms with Crippen LogP contribution in [0.15, 0.2) is 0 Å². The van der Waals surface area contributed by atoms with Crippen LogP contribution in [0.1, 0.15) is 39.5 Å². The molecule has 0 rings (SSSR count). The minimum atomic E-state index is 0.328. The Morgan fingerprint density at radius 2 is 2.00 bits per heavy atom. The molecule has 0 aliphatic heterocycles. The topological polar surface area (TPSA) is 0 Å². The molecule has 0 heterocycles. The van der Waals surface area contributed by atoms with Crippen LogP contribution < -0.4 is 0 Å². The largest absolute Gasteiger partial charge is 0.0748 e. The van der Waals surface area contributed by atoms with Crippen LogP contribution in [0, 0.1) is 5.92 Å². The zero-order valence-electron chi connectivity index (χ0n) is 7.82. The highest BCUT2D eigenvalue weighted by molar-refractivity contribution is 6.33. The van der Waals surface area contributed by atoms with Crippen LogP contribution in [0.2, 0.25) is 12.6 Å². The molecule has 0 aromatic heterocycles. The molecule has 0 aliphatic carbocycles. The molecule has 0 amide bonds. The highest BCUT2D eigenvalue weighted by Crippen LogP contribution is 2.16. The van der Waals surface area contributed by atoms with Gasteiger partial charge in [0, 0.05) is 9.52 Å². The first-order chi connectivity index (χ1) is 4.85. The Bertz CT molecular complexity index is 61.7. The molecular formula is C9H22Si. The van der Waals surface area contributed by atoms with Gasteiger partial charge in [0.25, 0.3) is 0 Å². The maximum absolute atomic E-state index is 2.43. The second-order valence-corrected chi connectivity index (χ2v) is 4.78. The van der Waals surface area contributed by atoms with Gasteiger partial charge in [-0.2, -0.15) is 0 Å². The molecule has 62 valence electrons. The van der Waals surface area contributed by atoms with E-state index in [1.807, 2.05) is 0 Å². The van der Waals surface area contributed by atoms with Gasteiger partial charge < -0.3 is 0 Å². The van der Waals surface area contributed by atoms with Crippen LogP contribution in [-0.2, 0) is 0 Å². The van der Waals surface area contributed by atoms with Crippen LogP contribution >= 0.6 is 0 Å². The van der Waals surface area contributed by atoms with Crippen molar-refractivity contribution in [2.75, 3.05) is 0 Å². The van der Waals surface area contributed by atoms with E-state index in [-0.39, 0.29) is 0 Å². The van der Waals surface area contributed by atoms with E-state index in [2.05, 4.69) is 20.4 Å². The number of hydrogen-bond acceptors (Lipinski definition) is 0. The first-order valence-corrected chi connectivity index (χ1v) is 7.26. The van der Waals surface area contributed by atoms with Gasteiger partial charge in [0.05, 0.1) is 0 Å². The lowest BCUT2D eigenvalue weighted by Crippen LogP contribution is -2.00. The molecule has 0 bridgehead atoms. The second kappa shape index (κ2) is 7.33. The third-order valence-corrected chi connectivity index (χ3v) is 3.63. The quantitative estimate of drug-likeness (QED) is 0.521. The minimum absolute atomic E-state index is 0.328. The molecule has 0 N–H and O–H groups in total. The molecule has 1 atom stereocenters. The van der Waals surface area contributed by atoms with Crippen LogP contribution in [0.5, 0.6) is 0 Å². The monoisotopic (exact) mass is 158 g/mol. The Morgan fingerprint density at radius 1 is 1.30 bits per heavy atom. The first-order valence-electron chi connectivity index (χ1n) is 4.85. The summed E-state index contributed by atoms with van der Waals surface area (Å²) in [6.45, 7) is 7.05. The van der Waals surface area contributed by atoms with Crippen LogP contribution in [0.3, 0.4) is 0 Å². The summed E-state index contributed by atoms with van der Waals surface area (Å²) in [5, 5.41) is 0. The third-order valence-electron chi connectivity index (χ3n) is 2.24. The predicted octanol–water partition coefficient (Wildman–Crippen LogP) is 2.84. The van der Waals surface area contributed by atoms with Gasteiger partial charge >= 0.3 is 0 Å². The maximum Gasteiger partial charge on any atom is 0.0169 e. The van der Waals surface area contributed by atoms with E-state index < -0.39 is 0 Å². The maximum atomic E-state index is 2.43. The third kappa shape index (κ3) is 5.04. The summed E-state index contributed by atoms with van der Waals surface area (Å²) < 4.78 is 0. The van der Waals surface area contributed by atoms with Crippen LogP contribution in [0.25, 0.3) is 0 Å². The van der Waals surface area contributed by atoms with Gasteiger partial charge in [-0.25, -0.2) is 0 Å². The van der Waals surface area contributed by atoms with E-state index in [0.29, 0.717) is 9.52 Å². The minimum Gasteiger partial charge on any atom is -0.0748 e. The van der Waals surface area contributed by atoms with E-state index in [1.165, 1.54) is 25.7 Å². The van der Waals surface area contributed by atoms with E-state index in [9.17, 15) is 0 Å². The van der Waals surface area contributed by atoms with E-state index in [4.69, 9.17) is 0 Å². The number of unbranched alkanes of at least 4 members (excludes halogenated alkanes) is 1. The predicted molar refractivity (Wildman–Crippen MR) is 52.5 cm³/mol. The molecule has 1 heteroatoms. The zero-order valence-corrected chi connectivity index (χ0v) is 9.23. The average molecular weight is 158 g/mol. The van der Waals surface area contributed by atoms with Crippen molar-refractivity contribution in [3.8, 4) is 0 Å². The highest BCUT2D eigenvalue weighted by atomic mass is 28.2. The Balaban J connectivity index is 3.21. The van der Waals surface area contributed by atoms with Crippen molar-refractivity contribution in [1.82, 2.24) is 0 Å². The molecule has 0 aromatic rings. The fourth-order valence-corrected chi connectivity index (χ4v) is 2.97. The molecule has 1 unspecified atom stereocenters. The fraction of sp³-hybridized carbons (Fsp3) is 1.00. The van der Waals surface area contributed by atoms with E-state index >= 15 is 0 Å². The average Bonchev–Trinajstić information content (AvgIpc) is 1.98. The van der Waals surface area contributed by atoms with Gasteiger partial charge in [0.15, 0.2) is 0 Å². The van der Waals surface area contributed by atoms with Crippen LogP contribution in [0.4, 0.5) is 0 Å². The normalized spacial score (nSPS) is 14.7. The Kier molecular flexibility index (Phi) is 7.48. The van der Waals surface area contributed by atoms with Gasteiger partial charge in [-0.3, -0.25) is 0 Å². The SMILES string of the molecule is CCCCC(CC)C[SiH2]C. The molecule has 0 saturated heterocycles. The Labute approximate surface area is 68.2 Å². The summed E-state index contributed by atoms with van der Waals surface area (Å²) in [5.41, 5.74) is 0. The second-order valence-electron chi connectivity index (χ2n) is 3.21. The lowest BCUT2D eigenvalue weighted by atomic mass is 10.0. The lowest BCUT2D eigenvalue weighted by Gasteiger charge is -2.11. The lowest BCUT2D eigenvalue weighted by molar-refractivity contribution is 0.490. The first kappa shape index (κ1) is 10.2. The van der Waals surface area contributed by atoms with Crippen molar-refractivity contribution in [1.29, 1.82) is 0 Å². The fourth-order valence-electron chi connectivity index (χ4n) is 1.45. The zero-order chi connectivity index (χ0) is 7.82. The van der Waals surface area contributed by atoms with E-state index in [0.717, 1.165) is 5.92 Å². The van der Waals surface area contributed by atoms with Gasteiger partial charge in [-0.15, -0.1) is 0 Å². The van der Waals surface area contributed by atoms with Crippen molar-refractivity contribution >= 4 is 9.52 Å². The van der Waals surface area contributed by atoms with Crippen LogP contribution in [-0.4, -0.2) is 9.52 Å². The number of rotatable bonds is 6. The standard InChI is InChI=1S/C9H22Si/c1-4-6-7-9(5-2)8-10-3/h9H,4-8,10H2,1-3H3. The highest BCUT2D eigenvalue weighted by Gasteiger charge is 2.02. The molecule has 0 nitrogen and oxygen atoms in total. The molecule has 0 aliphatic rings. The molecule has 0 spiro atoms. The Morgan fingerprint density at radius 3 is 2.40 bits per heavy atom. The van der Waals surface area contributed by atoms with Gasteiger partial charge in [-0.1, -0.05) is 52.1 Å². The summed E-state index contributed by atoms with van der Waals surface area (Å²) >= 11 is 0. The summed E-state index contributed by atoms with van der Waals surface area (Å²) in [7, 11) is 0.328. The summed E-state index contributed by atoms with van der Waals surface area (Å²) in [6.07, 6.45) is 5.74. The van der Waals surface area contributed by atoms with Crippen molar-refractivity contribution < 1.29 is 0 Å². The summed E-state index contributed by atoms with van der Waals surface area (Å²) in [6, 6.07) is 1.58. The van der Waals surface area contributed by atoms with Crippen molar-refractivity contribution in [3.05, 3.63) is 0 Å².